The van der Waals surface area contributed by atoms with E-state index in [-0.39, 0.29) is 36.3 Å². The van der Waals surface area contributed by atoms with E-state index in [0.717, 1.165) is 18.8 Å². The second-order valence-electron chi connectivity index (χ2n) is 8.67. The first-order valence-corrected chi connectivity index (χ1v) is 11.3. The third kappa shape index (κ3) is 5.23. The molecule has 0 aromatic heterocycles. The summed E-state index contributed by atoms with van der Waals surface area (Å²) >= 11 is 0. The molecule has 0 unspecified atom stereocenters. The zero-order valence-electron chi connectivity index (χ0n) is 20.4. The first-order chi connectivity index (χ1) is 17.0. The number of ether oxygens (including phenoxy) is 4. The van der Waals surface area contributed by atoms with Crippen LogP contribution in [0.4, 0.5) is 0 Å². The van der Waals surface area contributed by atoms with Gasteiger partial charge in [-0.2, -0.15) is 0 Å². The molecule has 3 rings (SSSR count). The van der Waals surface area contributed by atoms with E-state index in [2.05, 4.69) is 0 Å². The van der Waals surface area contributed by atoms with Crippen molar-refractivity contribution in [3.63, 3.8) is 0 Å². The number of allylic oxidation sites excluding steroid dienone is 2. The van der Waals surface area contributed by atoms with Crippen molar-refractivity contribution in [1.82, 2.24) is 0 Å². The fraction of sp³-hybridized carbons (Fsp3) is 0.480. The van der Waals surface area contributed by atoms with E-state index >= 15 is 0 Å². The molecule has 0 saturated heterocycles. The van der Waals surface area contributed by atoms with Crippen molar-refractivity contribution < 1.29 is 53.8 Å². The highest BCUT2D eigenvalue weighted by atomic mass is 16.6. The molecule has 36 heavy (non-hydrogen) atoms. The lowest BCUT2D eigenvalue weighted by Crippen LogP contribution is -2.52. The Morgan fingerprint density at radius 3 is 2.44 bits per heavy atom. The van der Waals surface area contributed by atoms with Crippen LogP contribution in [-0.2, 0) is 32.1 Å². The molecule has 0 spiro atoms. The highest BCUT2D eigenvalue weighted by Crippen LogP contribution is 2.44. The lowest BCUT2D eigenvalue weighted by molar-refractivity contribution is -0.141. The minimum absolute atomic E-state index is 0.0142. The number of esters is 2. The molecule has 0 bridgehead atoms. The molecule has 4 atom stereocenters. The number of hydrogen-bond donors (Lipinski definition) is 4. The van der Waals surface area contributed by atoms with E-state index in [0.29, 0.717) is 28.9 Å². The van der Waals surface area contributed by atoms with Crippen molar-refractivity contribution in [2.24, 2.45) is 0 Å². The topological polar surface area (TPSA) is 169 Å². The summed E-state index contributed by atoms with van der Waals surface area (Å²) in [6.45, 7) is 3.49. The van der Waals surface area contributed by atoms with Gasteiger partial charge in [-0.05, 0) is 38.3 Å². The van der Waals surface area contributed by atoms with Crippen LogP contribution in [0.25, 0.3) is 0 Å². The average Bonchev–Trinajstić information content (AvgIpc) is 3.24. The van der Waals surface area contributed by atoms with Gasteiger partial charge in [0, 0.05) is 17.5 Å². The van der Waals surface area contributed by atoms with Crippen molar-refractivity contribution in [1.29, 1.82) is 0 Å². The SMILES string of the molecule is COC(=O)C1=C[C@@H](O)[C@@H](O)[C@@H](O)[C@@H]1Oc1c(C/C=C(\C)CCC(=O)O)c(OC)c(C)c2c1C(=O)OC2. The Morgan fingerprint density at radius 2 is 1.83 bits per heavy atom. The normalized spacial score (nSPS) is 23.5. The number of carbonyl (C=O) groups excluding carboxylic acids is 2. The fourth-order valence-electron chi connectivity index (χ4n) is 4.33. The van der Waals surface area contributed by atoms with Crippen LogP contribution in [-0.4, -0.2) is 77.0 Å². The number of aliphatic hydroxyl groups excluding tert-OH is 3. The number of benzene rings is 1. The predicted molar refractivity (Wildman–Crippen MR) is 124 cm³/mol. The van der Waals surface area contributed by atoms with Gasteiger partial charge in [-0.25, -0.2) is 9.59 Å². The zero-order valence-corrected chi connectivity index (χ0v) is 20.4. The Morgan fingerprint density at radius 1 is 1.14 bits per heavy atom. The molecule has 1 aromatic rings. The smallest absolute Gasteiger partial charge is 0.342 e. The summed E-state index contributed by atoms with van der Waals surface area (Å²) in [5.74, 6) is -2.13. The van der Waals surface area contributed by atoms with Gasteiger partial charge in [0.2, 0.25) is 0 Å². The maximum Gasteiger partial charge on any atom is 0.342 e. The van der Waals surface area contributed by atoms with Gasteiger partial charge in [0.05, 0.1) is 19.8 Å². The first kappa shape index (κ1) is 27.2. The molecule has 1 aliphatic heterocycles. The number of aliphatic carboxylic acids is 1. The Kier molecular flexibility index (Phi) is 8.39. The highest BCUT2D eigenvalue weighted by molar-refractivity contribution is 5.98. The molecule has 0 fully saturated rings. The molecule has 11 heteroatoms. The third-order valence-electron chi connectivity index (χ3n) is 6.35. The van der Waals surface area contributed by atoms with Crippen molar-refractivity contribution in [3.05, 3.63) is 45.6 Å². The van der Waals surface area contributed by atoms with Crippen LogP contribution in [0.15, 0.2) is 23.3 Å². The number of hydrogen-bond acceptors (Lipinski definition) is 10. The lowest BCUT2D eigenvalue weighted by atomic mass is 9.88. The van der Waals surface area contributed by atoms with Gasteiger partial charge in [-0.1, -0.05) is 11.6 Å². The maximum atomic E-state index is 12.7. The molecule has 2 aliphatic rings. The first-order valence-electron chi connectivity index (χ1n) is 11.3. The summed E-state index contributed by atoms with van der Waals surface area (Å²) in [5.41, 5.74) is 2.19. The monoisotopic (exact) mass is 506 g/mol. The Labute approximate surface area is 207 Å². The number of methoxy groups -OCH3 is 2. The largest absolute Gasteiger partial charge is 0.496 e. The maximum absolute atomic E-state index is 12.7. The number of cyclic esters (lactones) is 1. The van der Waals surface area contributed by atoms with Crippen molar-refractivity contribution >= 4 is 17.9 Å². The Balaban J connectivity index is 2.16. The van der Waals surface area contributed by atoms with Gasteiger partial charge in [0.25, 0.3) is 0 Å². The van der Waals surface area contributed by atoms with E-state index < -0.39 is 42.3 Å². The van der Waals surface area contributed by atoms with Gasteiger partial charge in [0.15, 0.2) is 6.10 Å². The second-order valence-corrected chi connectivity index (χ2v) is 8.67. The van der Waals surface area contributed by atoms with Gasteiger partial charge in [0.1, 0.15) is 42.0 Å². The van der Waals surface area contributed by atoms with Crippen LogP contribution in [0.1, 0.15) is 46.8 Å². The molecule has 0 radical (unpaired) electrons. The molecule has 1 aromatic carbocycles. The van der Waals surface area contributed by atoms with Crippen LogP contribution in [0.2, 0.25) is 0 Å². The molecule has 1 aliphatic carbocycles. The van der Waals surface area contributed by atoms with E-state index in [1.54, 1.807) is 19.9 Å². The number of carboxylic acids is 1. The van der Waals surface area contributed by atoms with Crippen molar-refractivity contribution in [3.8, 4) is 11.5 Å². The summed E-state index contributed by atoms with van der Waals surface area (Å²) in [5, 5.41) is 40.0. The molecular weight excluding hydrogens is 476 g/mol. The summed E-state index contributed by atoms with van der Waals surface area (Å²) in [6.07, 6.45) is -3.22. The van der Waals surface area contributed by atoms with Crippen LogP contribution in [0.5, 0.6) is 11.5 Å². The summed E-state index contributed by atoms with van der Waals surface area (Å²) in [7, 11) is 2.56. The Bertz CT molecular complexity index is 1120. The Hall–Kier alpha value is -3.41. The van der Waals surface area contributed by atoms with Gasteiger partial charge < -0.3 is 39.4 Å². The van der Waals surface area contributed by atoms with E-state index in [4.69, 9.17) is 24.1 Å². The van der Waals surface area contributed by atoms with Gasteiger partial charge >= 0.3 is 17.9 Å². The van der Waals surface area contributed by atoms with Crippen LogP contribution in [0, 0.1) is 6.92 Å². The number of carboxylic acid groups (broad SMARTS) is 1. The molecule has 0 saturated carbocycles. The standard InChI is InChI=1S/C25H30O11/c1-11(6-8-17(27)28)5-7-13-21(33-3)12(2)15-10-35-25(32)18(15)22(13)36-23-14(24(31)34-4)9-16(26)19(29)20(23)30/h5,9,16,19-20,23,26,29-30H,6-8,10H2,1-4H3,(H,27,28)/b11-5+/t16-,19-,20-,23-/m1/s1. The number of aliphatic hydroxyl groups is 3. The predicted octanol–water partition coefficient (Wildman–Crippen LogP) is 0.971. The molecule has 4 N–H and O–H groups in total. The van der Waals surface area contributed by atoms with E-state index in [9.17, 15) is 29.7 Å². The minimum Gasteiger partial charge on any atom is -0.496 e. The average molecular weight is 507 g/mol. The van der Waals surface area contributed by atoms with Crippen molar-refractivity contribution in [2.75, 3.05) is 14.2 Å². The van der Waals surface area contributed by atoms with E-state index in [1.807, 2.05) is 0 Å². The van der Waals surface area contributed by atoms with E-state index in [1.165, 1.54) is 7.11 Å². The number of carbonyl (C=O) groups is 3. The summed E-state index contributed by atoms with van der Waals surface area (Å²) in [4.78, 5) is 36.1. The lowest BCUT2D eigenvalue weighted by Gasteiger charge is -2.35. The molecular formula is C25H30O11. The quantitative estimate of drug-likeness (QED) is 0.278. The summed E-state index contributed by atoms with van der Waals surface area (Å²) < 4.78 is 21.7. The zero-order chi connectivity index (χ0) is 26.7. The molecule has 11 nitrogen and oxygen atoms in total. The summed E-state index contributed by atoms with van der Waals surface area (Å²) in [6, 6.07) is 0. The van der Waals surface area contributed by atoms with Crippen molar-refractivity contribution in [2.45, 2.75) is 64.1 Å². The minimum atomic E-state index is -1.74. The molecule has 1 heterocycles. The van der Waals surface area contributed by atoms with Crippen LogP contribution >= 0.6 is 0 Å². The van der Waals surface area contributed by atoms with Gasteiger partial charge in [-0.15, -0.1) is 0 Å². The molecule has 0 amide bonds. The van der Waals surface area contributed by atoms with Crippen LogP contribution < -0.4 is 9.47 Å². The second kappa shape index (κ2) is 11.1. The molecule has 196 valence electrons. The van der Waals surface area contributed by atoms with Crippen LogP contribution in [0.3, 0.4) is 0 Å². The fourth-order valence-corrected chi connectivity index (χ4v) is 4.33. The highest BCUT2D eigenvalue weighted by Gasteiger charge is 2.44. The number of rotatable bonds is 9. The van der Waals surface area contributed by atoms with Gasteiger partial charge in [-0.3, -0.25) is 4.79 Å². The number of fused-ring (bicyclic) bond motifs is 1. The third-order valence-corrected chi connectivity index (χ3v) is 6.35.